The molecule has 3 nitrogen and oxygen atoms in total. The van der Waals surface area contributed by atoms with Gasteiger partial charge in [-0.3, -0.25) is 4.98 Å². The number of aryl methyl sites for hydroxylation is 1. The third kappa shape index (κ3) is 2.74. The van der Waals surface area contributed by atoms with E-state index in [2.05, 4.69) is 15.6 Å². The summed E-state index contributed by atoms with van der Waals surface area (Å²) in [6.07, 6.45) is 2.92. The molecule has 0 fully saturated rings. The summed E-state index contributed by atoms with van der Waals surface area (Å²) < 4.78 is 0. The summed E-state index contributed by atoms with van der Waals surface area (Å²) in [7, 11) is 1.97. The van der Waals surface area contributed by atoms with E-state index in [0.717, 1.165) is 46.7 Å². The molecule has 2 rings (SSSR count). The molecule has 1 heterocycles. The molecule has 0 radical (unpaired) electrons. The molecule has 1 aromatic heterocycles. The maximum Gasteiger partial charge on any atom is 0.0766 e. The molecule has 0 saturated heterocycles. The van der Waals surface area contributed by atoms with Crippen molar-refractivity contribution in [2.45, 2.75) is 13.3 Å². The first-order chi connectivity index (χ1) is 8.74. The monoisotopic (exact) mass is 263 g/mol. The van der Waals surface area contributed by atoms with E-state index >= 15 is 0 Å². The van der Waals surface area contributed by atoms with E-state index < -0.39 is 0 Å². The third-order valence-electron chi connectivity index (χ3n) is 3.02. The van der Waals surface area contributed by atoms with Crippen molar-refractivity contribution in [3.63, 3.8) is 0 Å². The zero-order valence-electron chi connectivity index (χ0n) is 10.8. The average Bonchev–Trinajstić information content (AvgIpc) is 2.39. The summed E-state index contributed by atoms with van der Waals surface area (Å²) in [6.45, 7) is 3.96. The molecule has 0 aliphatic heterocycles. The number of nitrogens with zero attached hydrogens (tertiary/aromatic N) is 1. The van der Waals surface area contributed by atoms with Crippen LogP contribution in [0.15, 0.2) is 24.4 Å². The highest BCUT2D eigenvalue weighted by molar-refractivity contribution is 6.32. The summed E-state index contributed by atoms with van der Waals surface area (Å²) in [6, 6.07) is 5.97. The number of hydrogen-bond acceptors (Lipinski definition) is 3. The Morgan fingerprint density at radius 2 is 2.06 bits per heavy atom. The number of nitrogens with one attached hydrogen (secondary N) is 2. The Balaban J connectivity index is 2.26. The van der Waals surface area contributed by atoms with Gasteiger partial charge in [0.2, 0.25) is 0 Å². The van der Waals surface area contributed by atoms with Crippen molar-refractivity contribution in [2.24, 2.45) is 0 Å². The van der Waals surface area contributed by atoms with Gasteiger partial charge in [0.15, 0.2) is 0 Å². The lowest BCUT2D eigenvalue weighted by atomic mass is 10.1. The van der Waals surface area contributed by atoms with Gasteiger partial charge in [0, 0.05) is 28.8 Å². The van der Waals surface area contributed by atoms with Gasteiger partial charge < -0.3 is 10.6 Å². The van der Waals surface area contributed by atoms with E-state index in [9.17, 15) is 0 Å². The molecule has 0 unspecified atom stereocenters. The fraction of sp³-hybridized carbons (Fsp3) is 0.357. The molecule has 0 bridgehead atoms. The second-order valence-electron chi connectivity index (χ2n) is 4.31. The number of anilines is 1. The maximum absolute atomic E-state index is 6.12. The van der Waals surface area contributed by atoms with Crippen molar-refractivity contribution in [1.29, 1.82) is 0 Å². The molecule has 18 heavy (non-hydrogen) atoms. The second kappa shape index (κ2) is 6.03. The predicted molar refractivity (Wildman–Crippen MR) is 78.5 cm³/mol. The van der Waals surface area contributed by atoms with Gasteiger partial charge in [-0.2, -0.15) is 0 Å². The van der Waals surface area contributed by atoms with Gasteiger partial charge in [-0.1, -0.05) is 11.6 Å². The number of pyridine rings is 1. The first kappa shape index (κ1) is 13.1. The highest BCUT2D eigenvalue weighted by atomic mass is 35.5. The molecule has 1 aromatic carbocycles. The van der Waals surface area contributed by atoms with Gasteiger partial charge in [-0.25, -0.2) is 0 Å². The topological polar surface area (TPSA) is 37.0 Å². The van der Waals surface area contributed by atoms with Gasteiger partial charge in [0.05, 0.1) is 5.52 Å². The maximum atomic E-state index is 6.12. The molecule has 2 N–H and O–H groups in total. The van der Waals surface area contributed by atoms with Gasteiger partial charge in [0.1, 0.15) is 0 Å². The molecule has 0 atom stereocenters. The fourth-order valence-electron chi connectivity index (χ4n) is 1.98. The Kier molecular flexibility index (Phi) is 4.39. The summed E-state index contributed by atoms with van der Waals surface area (Å²) in [5.41, 5.74) is 3.13. The van der Waals surface area contributed by atoms with Crippen LogP contribution in [0.3, 0.4) is 0 Å². The lowest BCUT2D eigenvalue weighted by molar-refractivity contribution is 0.748. The standard InChI is InChI=1S/C14H18ClN3/c1-10-12(15)5-4-11-13(6-9-18-14(10)11)17-8-3-7-16-2/h4-6,9,16H,3,7-8H2,1-2H3,(H,17,18). The molecule has 0 saturated carbocycles. The summed E-state index contributed by atoms with van der Waals surface area (Å²) >= 11 is 6.12. The van der Waals surface area contributed by atoms with E-state index in [1.807, 2.05) is 38.4 Å². The largest absolute Gasteiger partial charge is 0.384 e. The minimum absolute atomic E-state index is 0.766. The molecule has 0 aliphatic rings. The van der Waals surface area contributed by atoms with Crippen molar-refractivity contribution in [3.05, 3.63) is 35.0 Å². The van der Waals surface area contributed by atoms with Crippen molar-refractivity contribution in [2.75, 3.05) is 25.5 Å². The van der Waals surface area contributed by atoms with Crippen molar-refractivity contribution < 1.29 is 0 Å². The van der Waals surface area contributed by atoms with Crippen molar-refractivity contribution in [1.82, 2.24) is 10.3 Å². The van der Waals surface area contributed by atoms with Crippen molar-refractivity contribution in [3.8, 4) is 0 Å². The quantitative estimate of drug-likeness (QED) is 0.814. The zero-order valence-corrected chi connectivity index (χ0v) is 11.5. The summed E-state index contributed by atoms with van der Waals surface area (Å²) in [4.78, 5) is 4.41. The van der Waals surface area contributed by atoms with Crippen LogP contribution in [0, 0.1) is 6.92 Å². The van der Waals surface area contributed by atoms with Crippen LogP contribution in [0.25, 0.3) is 10.9 Å². The highest BCUT2D eigenvalue weighted by Crippen LogP contribution is 2.28. The molecule has 0 aliphatic carbocycles. The summed E-state index contributed by atoms with van der Waals surface area (Å²) in [5.74, 6) is 0. The van der Waals surface area contributed by atoms with Crippen LogP contribution < -0.4 is 10.6 Å². The fourth-order valence-corrected chi connectivity index (χ4v) is 2.13. The molecule has 96 valence electrons. The molecule has 4 heteroatoms. The van der Waals surface area contributed by atoms with Gasteiger partial charge in [0.25, 0.3) is 0 Å². The smallest absolute Gasteiger partial charge is 0.0766 e. The van der Waals surface area contributed by atoms with Gasteiger partial charge in [-0.05, 0) is 50.7 Å². The number of rotatable bonds is 5. The Morgan fingerprint density at radius 1 is 1.22 bits per heavy atom. The Bertz CT molecular complexity index is 540. The number of halogens is 1. The average molecular weight is 264 g/mol. The van der Waals surface area contributed by atoms with Crippen molar-refractivity contribution >= 4 is 28.2 Å². The lowest BCUT2D eigenvalue weighted by Crippen LogP contribution is -2.13. The number of aromatic nitrogens is 1. The van der Waals surface area contributed by atoms with Gasteiger partial charge >= 0.3 is 0 Å². The Labute approximate surface area is 113 Å². The van der Waals surface area contributed by atoms with Crippen LogP contribution in [0.4, 0.5) is 5.69 Å². The van der Waals surface area contributed by atoms with Crippen LogP contribution in [0.1, 0.15) is 12.0 Å². The molecular formula is C14H18ClN3. The predicted octanol–water partition coefficient (Wildman–Crippen LogP) is 3.22. The molecule has 2 aromatic rings. The number of hydrogen-bond donors (Lipinski definition) is 2. The first-order valence-corrected chi connectivity index (χ1v) is 6.54. The minimum Gasteiger partial charge on any atom is -0.384 e. The minimum atomic E-state index is 0.766. The van der Waals surface area contributed by atoms with Crippen LogP contribution in [0.5, 0.6) is 0 Å². The van der Waals surface area contributed by atoms with Crippen LogP contribution in [-0.4, -0.2) is 25.1 Å². The normalized spacial score (nSPS) is 10.8. The number of benzene rings is 1. The molecular weight excluding hydrogens is 246 g/mol. The van der Waals surface area contributed by atoms with Crippen LogP contribution >= 0.6 is 11.6 Å². The van der Waals surface area contributed by atoms with E-state index in [1.165, 1.54) is 0 Å². The third-order valence-corrected chi connectivity index (χ3v) is 3.43. The first-order valence-electron chi connectivity index (χ1n) is 6.16. The highest BCUT2D eigenvalue weighted by Gasteiger charge is 2.06. The molecule has 0 spiro atoms. The van der Waals surface area contributed by atoms with Crippen LogP contribution in [0.2, 0.25) is 5.02 Å². The van der Waals surface area contributed by atoms with E-state index in [-0.39, 0.29) is 0 Å². The zero-order chi connectivity index (χ0) is 13.0. The Hall–Kier alpha value is -1.32. The van der Waals surface area contributed by atoms with E-state index in [4.69, 9.17) is 11.6 Å². The SMILES string of the molecule is CNCCCNc1ccnc2c(C)c(Cl)ccc12. The van der Waals surface area contributed by atoms with E-state index in [1.54, 1.807) is 0 Å². The Morgan fingerprint density at radius 3 is 2.83 bits per heavy atom. The van der Waals surface area contributed by atoms with Gasteiger partial charge in [-0.15, -0.1) is 0 Å². The van der Waals surface area contributed by atoms with E-state index in [0.29, 0.717) is 0 Å². The number of fused-ring (bicyclic) bond motifs is 1. The molecule has 0 amide bonds. The second-order valence-corrected chi connectivity index (χ2v) is 4.72. The van der Waals surface area contributed by atoms with Crippen LogP contribution in [-0.2, 0) is 0 Å². The summed E-state index contributed by atoms with van der Waals surface area (Å²) in [5, 5.41) is 8.48. The lowest BCUT2D eigenvalue weighted by Gasteiger charge is -2.11.